The molecule has 2 unspecified atom stereocenters. The summed E-state index contributed by atoms with van der Waals surface area (Å²) in [4.78, 5) is 18.4. The Balaban J connectivity index is 1.70. The average Bonchev–Trinajstić information content (AvgIpc) is 2.96. The van der Waals surface area contributed by atoms with Crippen LogP contribution < -0.4 is 10.2 Å². The lowest BCUT2D eigenvalue weighted by Crippen LogP contribution is -2.23. The maximum absolute atomic E-state index is 12.2. The summed E-state index contributed by atoms with van der Waals surface area (Å²) >= 11 is 0. The fourth-order valence-corrected chi connectivity index (χ4v) is 3.01. The van der Waals surface area contributed by atoms with Gasteiger partial charge in [0.05, 0.1) is 5.69 Å². The van der Waals surface area contributed by atoms with Crippen molar-refractivity contribution in [3.63, 3.8) is 0 Å². The topological polar surface area (TPSA) is 45.2 Å². The number of fused-ring (bicyclic) bond motifs is 1. The van der Waals surface area contributed by atoms with E-state index in [0.717, 1.165) is 36.2 Å². The molecule has 0 radical (unpaired) electrons. The van der Waals surface area contributed by atoms with E-state index < -0.39 is 0 Å². The van der Waals surface area contributed by atoms with Gasteiger partial charge in [0.25, 0.3) is 0 Å². The van der Waals surface area contributed by atoms with Crippen molar-refractivity contribution in [2.45, 2.75) is 19.3 Å². The monoisotopic (exact) mass is 245 g/mol. The van der Waals surface area contributed by atoms with Crippen LogP contribution in [0.4, 0.5) is 11.5 Å². The summed E-state index contributed by atoms with van der Waals surface area (Å²) in [5.74, 6) is 2.86. The third-order valence-corrected chi connectivity index (χ3v) is 4.08. The summed E-state index contributed by atoms with van der Waals surface area (Å²) < 4.78 is 0. The normalized spacial score (nSPS) is 28.7. The molecule has 0 aliphatic heterocycles. The Morgan fingerprint density at radius 1 is 1.33 bits per heavy atom. The lowest BCUT2D eigenvalue weighted by Gasteiger charge is -2.18. The molecule has 0 aromatic carbocycles. The molecule has 0 saturated heterocycles. The standard InChI is InChI=1S/C14H19N3O/c1-17(2)13-12(4-3-5-15-13)16-14(18)11-7-9-6-10(9)8-11/h3-5,9-11H,6-8H2,1-2H3,(H,16,18). The largest absolute Gasteiger partial charge is 0.361 e. The van der Waals surface area contributed by atoms with E-state index in [0.29, 0.717) is 0 Å². The highest BCUT2D eigenvalue weighted by Gasteiger charge is 2.48. The summed E-state index contributed by atoms with van der Waals surface area (Å²) in [5.41, 5.74) is 0.813. The van der Waals surface area contributed by atoms with Crippen molar-refractivity contribution >= 4 is 17.4 Å². The second-order valence-corrected chi connectivity index (χ2v) is 5.68. The number of hydrogen-bond acceptors (Lipinski definition) is 3. The molecule has 1 N–H and O–H groups in total. The highest BCUT2D eigenvalue weighted by Crippen LogP contribution is 2.54. The first-order valence-electron chi connectivity index (χ1n) is 6.58. The summed E-state index contributed by atoms with van der Waals surface area (Å²) in [6, 6.07) is 3.77. The third-order valence-electron chi connectivity index (χ3n) is 4.08. The number of carbonyl (C=O) groups is 1. The molecule has 1 amide bonds. The van der Waals surface area contributed by atoms with E-state index in [2.05, 4.69) is 10.3 Å². The fraction of sp³-hybridized carbons (Fsp3) is 0.571. The van der Waals surface area contributed by atoms with Crippen LogP contribution in [0.5, 0.6) is 0 Å². The molecule has 0 spiro atoms. The molecule has 1 aromatic rings. The van der Waals surface area contributed by atoms with Gasteiger partial charge in [-0.15, -0.1) is 0 Å². The Kier molecular flexibility index (Phi) is 2.73. The minimum absolute atomic E-state index is 0.165. The predicted octanol–water partition coefficient (Wildman–Crippen LogP) is 2.13. The van der Waals surface area contributed by atoms with Crippen LogP contribution in [0.25, 0.3) is 0 Å². The molecule has 96 valence electrons. The number of nitrogens with zero attached hydrogens (tertiary/aromatic N) is 2. The van der Waals surface area contributed by atoms with E-state index >= 15 is 0 Å². The number of anilines is 2. The zero-order chi connectivity index (χ0) is 12.7. The molecular weight excluding hydrogens is 226 g/mol. The molecule has 4 nitrogen and oxygen atoms in total. The van der Waals surface area contributed by atoms with Gasteiger partial charge in [-0.25, -0.2) is 4.98 Å². The van der Waals surface area contributed by atoms with Gasteiger partial charge in [0.2, 0.25) is 5.91 Å². The molecule has 18 heavy (non-hydrogen) atoms. The summed E-state index contributed by atoms with van der Waals surface area (Å²) in [5, 5.41) is 3.03. The van der Waals surface area contributed by atoms with Crippen molar-refractivity contribution < 1.29 is 4.79 Å². The quantitative estimate of drug-likeness (QED) is 0.887. The van der Waals surface area contributed by atoms with Gasteiger partial charge < -0.3 is 10.2 Å². The highest BCUT2D eigenvalue weighted by molar-refractivity contribution is 5.95. The first-order valence-corrected chi connectivity index (χ1v) is 6.58. The molecule has 2 atom stereocenters. The smallest absolute Gasteiger partial charge is 0.227 e. The molecule has 2 saturated carbocycles. The molecular formula is C14H19N3O. The number of hydrogen-bond donors (Lipinski definition) is 1. The Hall–Kier alpha value is -1.58. The van der Waals surface area contributed by atoms with Crippen LogP contribution >= 0.6 is 0 Å². The number of pyridine rings is 1. The van der Waals surface area contributed by atoms with E-state index in [9.17, 15) is 4.79 Å². The molecule has 4 heteroatoms. The van der Waals surface area contributed by atoms with Gasteiger partial charge in [0.1, 0.15) is 0 Å². The van der Waals surface area contributed by atoms with E-state index in [4.69, 9.17) is 0 Å². The van der Waals surface area contributed by atoms with Gasteiger partial charge in [0, 0.05) is 26.2 Å². The van der Waals surface area contributed by atoms with Gasteiger partial charge in [-0.3, -0.25) is 4.79 Å². The minimum Gasteiger partial charge on any atom is -0.361 e. The van der Waals surface area contributed by atoms with E-state index in [-0.39, 0.29) is 11.8 Å². The number of amides is 1. The van der Waals surface area contributed by atoms with Crippen LogP contribution in [-0.2, 0) is 4.79 Å². The second kappa shape index (κ2) is 4.26. The zero-order valence-corrected chi connectivity index (χ0v) is 10.9. The van der Waals surface area contributed by atoms with Crippen LogP contribution in [-0.4, -0.2) is 25.0 Å². The molecule has 2 fully saturated rings. The molecule has 3 rings (SSSR count). The molecule has 0 bridgehead atoms. The maximum Gasteiger partial charge on any atom is 0.227 e. The first kappa shape index (κ1) is 11.5. The minimum atomic E-state index is 0.165. The third kappa shape index (κ3) is 2.07. The number of carbonyl (C=O) groups excluding carboxylic acids is 1. The van der Waals surface area contributed by atoms with Crippen LogP contribution in [0.3, 0.4) is 0 Å². The SMILES string of the molecule is CN(C)c1ncccc1NC(=O)C1CC2CC2C1. The van der Waals surface area contributed by atoms with Crippen molar-refractivity contribution in [3.8, 4) is 0 Å². The number of aromatic nitrogens is 1. The van der Waals surface area contributed by atoms with E-state index in [1.807, 2.05) is 31.1 Å². The number of rotatable bonds is 3. The van der Waals surface area contributed by atoms with Crippen LogP contribution in [0.2, 0.25) is 0 Å². The average molecular weight is 245 g/mol. The van der Waals surface area contributed by atoms with E-state index in [1.54, 1.807) is 6.20 Å². The van der Waals surface area contributed by atoms with Crippen molar-refractivity contribution in [2.75, 3.05) is 24.3 Å². The van der Waals surface area contributed by atoms with Gasteiger partial charge in [-0.1, -0.05) is 0 Å². The Bertz CT molecular complexity index is 462. The number of nitrogens with one attached hydrogen (secondary N) is 1. The molecule has 2 aliphatic carbocycles. The Morgan fingerprint density at radius 2 is 2.06 bits per heavy atom. The van der Waals surface area contributed by atoms with Crippen LogP contribution in [0.1, 0.15) is 19.3 Å². The lowest BCUT2D eigenvalue weighted by atomic mass is 10.0. The fourth-order valence-electron chi connectivity index (χ4n) is 3.01. The van der Waals surface area contributed by atoms with Crippen molar-refractivity contribution in [1.29, 1.82) is 0 Å². The van der Waals surface area contributed by atoms with Gasteiger partial charge in [-0.2, -0.15) is 0 Å². The van der Waals surface area contributed by atoms with Gasteiger partial charge >= 0.3 is 0 Å². The molecule has 1 aromatic heterocycles. The molecule has 2 aliphatic rings. The zero-order valence-electron chi connectivity index (χ0n) is 10.9. The van der Waals surface area contributed by atoms with Crippen molar-refractivity contribution in [1.82, 2.24) is 4.98 Å². The maximum atomic E-state index is 12.2. The Labute approximate surface area is 107 Å². The Morgan fingerprint density at radius 3 is 2.72 bits per heavy atom. The summed E-state index contributed by atoms with van der Waals surface area (Å²) in [6.45, 7) is 0. The lowest BCUT2D eigenvalue weighted by molar-refractivity contribution is -0.120. The second-order valence-electron chi connectivity index (χ2n) is 5.68. The van der Waals surface area contributed by atoms with Crippen LogP contribution in [0.15, 0.2) is 18.3 Å². The van der Waals surface area contributed by atoms with E-state index in [1.165, 1.54) is 6.42 Å². The van der Waals surface area contributed by atoms with Gasteiger partial charge in [0.15, 0.2) is 5.82 Å². The first-order chi connectivity index (χ1) is 8.65. The van der Waals surface area contributed by atoms with Crippen LogP contribution in [0, 0.1) is 17.8 Å². The highest BCUT2D eigenvalue weighted by atomic mass is 16.1. The van der Waals surface area contributed by atoms with Crippen molar-refractivity contribution in [3.05, 3.63) is 18.3 Å². The summed E-state index contributed by atoms with van der Waals surface area (Å²) in [6.07, 6.45) is 5.25. The van der Waals surface area contributed by atoms with Gasteiger partial charge in [-0.05, 0) is 43.2 Å². The summed E-state index contributed by atoms with van der Waals surface area (Å²) in [7, 11) is 3.87. The molecule has 1 heterocycles. The predicted molar refractivity (Wildman–Crippen MR) is 71.5 cm³/mol. The van der Waals surface area contributed by atoms with Crippen molar-refractivity contribution in [2.24, 2.45) is 17.8 Å².